The SMILES string of the molecule is O=S(=O)(Cc1ccccc1)Nc1ccccc1Sc1ccccc1. The number of hydrogen-bond donors (Lipinski definition) is 1. The van der Waals surface area contributed by atoms with Crippen molar-refractivity contribution >= 4 is 27.5 Å². The van der Waals surface area contributed by atoms with Gasteiger partial charge >= 0.3 is 0 Å². The van der Waals surface area contributed by atoms with Gasteiger partial charge in [0.15, 0.2) is 0 Å². The lowest BCUT2D eigenvalue weighted by atomic mass is 10.2. The molecule has 0 atom stereocenters. The summed E-state index contributed by atoms with van der Waals surface area (Å²) >= 11 is 1.53. The van der Waals surface area contributed by atoms with Crippen molar-refractivity contribution in [3.05, 3.63) is 90.5 Å². The minimum atomic E-state index is -3.47. The molecule has 3 aromatic carbocycles. The van der Waals surface area contributed by atoms with Crippen molar-refractivity contribution in [2.45, 2.75) is 15.5 Å². The summed E-state index contributed by atoms with van der Waals surface area (Å²) in [4.78, 5) is 1.94. The first-order valence-corrected chi connectivity index (χ1v) is 9.96. The third-order valence-electron chi connectivity index (χ3n) is 3.32. The predicted octanol–water partition coefficient (Wildman–Crippen LogP) is 4.78. The molecule has 0 fully saturated rings. The lowest BCUT2D eigenvalue weighted by molar-refractivity contribution is 0.600. The van der Waals surface area contributed by atoms with E-state index < -0.39 is 10.0 Å². The first-order valence-electron chi connectivity index (χ1n) is 7.49. The van der Waals surface area contributed by atoms with E-state index in [1.807, 2.05) is 78.9 Å². The van der Waals surface area contributed by atoms with Crippen molar-refractivity contribution in [3.63, 3.8) is 0 Å². The Morgan fingerprint density at radius 2 is 1.33 bits per heavy atom. The molecule has 24 heavy (non-hydrogen) atoms. The van der Waals surface area contributed by atoms with Gasteiger partial charge < -0.3 is 0 Å². The van der Waals surface area contributed by atoms with Crippen LogP contribution in [0.3, 0.4) is 0 Å². The van der Waals surface area contributed by atoms with Crippen LogP contribution in [0.2, 0.25) is 0 Å². The molecule has 0 saturated heterocycles. The Morgan fingerprint density at radius 1 is 0.750 bits per heavy atom. The molecule has 1 N–H and O–H groups in total. The second kappa shape index (κ2) is 7.55. The molecule has 0 radical (unpaired) electrons. The van der Waals surface area contributed by atoms with Gasteiger partial charge in [-0.3, -0.25) is 4.72 Å². The smallest absolute Gasteiger partial charge is 0.236 e. The third kappa shape index (κ3) is 4.63. The fraction of sp³-hybridized carbons (Fsp3) is 0.0526. The van der Waals surface area contributed by atoms with Gasteiger partial charge in [0, 0.05) is 9.79 Å². The van der Waals surface area contributed by atoms with Crippen LogP contribution in [0.1, 0.15) is 5.56 Å². The molecule has 3 nitrogen and oxygen atoms in total. The highest BCUT2D eigenvalue weighted by Crippen LogP contribution is 2.33. The summed E-state index contributed by atoms with van der Waals surface area (Å²) in [5, 5.41) is 0. The van der Waals surface area contributed by atoms with Crippen LogP contribution in [0.15, 0.2) is 94.7 Å². The van der Waals surface area contributed by atoms with Crippen LogP contribution in [0, 0.1) is 0 Å². The van der Waals surface area contributed by atoms with Crippen LogP contribution >= 0.6 is 11.8 Å². The predicted molar refractivity (Wildman–Crippen MR) is 99.7 cm³/mol. The van der Waals surface area contributed by atoms with Crippen LogP contribution in [0.5, 0.6) is 0 Å². The van der Waals surface area contributed by atoms with E-state index in [1.54, 1.807) is 6.07 Å². The molecule has 0 aliphatic rings. The Labute approximate surface area is 146 Å². The van der Waals surface area contributed by atoms with Gasteiger partial charge in [-0.25, -0.2) is 8.42 Å². The molecule has 122 valence electrons. The summed E-state index contributed by atoms with van der Waals surface area (Å²) in [5.74, 6) is -0.0435. The number of sulfonamides is 1. The highest BCUT2D eigenvalue weighted by Gasteiger charge is 2.14. The Hall–Kier alpha value is -2.24. The molecule has 0 unspecified atom stereocenters. The first kappa shape index (κ1) is 16.6. The summed E-state index contributed by atoms with van der Waals surface area (Å²) in [6, 6.07) is 26.5. The summed E-state index contributed by atoms with van der Waals surface area (Å²) in [6.07, 6.45) is 0. The van der Waals surface area contributed by atoms with E-state index in [-0.39, 0.29) is 5.75 Å². The van der Waals surface area contributed by atoms with Crippen LogP contribution in [-0.4, -0.2) is 8.42 Å². The monoisotopic (exact) mass is 355 g/mol. The van der Waals surface area contributed by atoms with E-state index in [9.17, 15) is 8.42 Å². The van der Waals surface area contributed by atoms with Gasteiger partial charge in [0.25, 0.3) is 0 Å². The number of rotatable bonds is 6. The second-order valence-corrected chi connectivity index (χ2v) is 8.10. The van der Waals surface area contributed by atoms with Crippen molar-refractivity contribution in [1.29, 1.82) is 0 Å². The fourth-order valence-electron chi connectivity index (χ4n) is 2.25. The normalized spacial score (nSPS) is 11.2. The van der Waals surface area contributed by atoms with E-state index in [4.69, 9.17) is 0 Å². The van der Waals surface area contributed by atoms with Gasteiger partial charge in [-0.15, -0.1) is 0 Å². The van der Waals surface area contributed by atoms with Gasteiger partial charge in [0.05, 0.1) is 11.4 Å². The topological polar surface area (TPSA) is 46.2 Å². The fourth-order valence-corrected chi connectivity index (χ4v) is 4.46. The molecular formula is C19H17NO2S2. The number of nitrogens with one attached hydrogen (secondary N) is 1. The van der Waals surface area contributed by atoms with Crippen molar-refractivity contribution in [2.75, 3.05) is 4.72 Å². The zero-order valence-electron chi connectivity index (χ0n) is 12.9. The van der Waals surface area contributed by atoms with Crippen LogP contribution in [0.4, 0.5) is 5.69 Å². The summed E-state index contributed by atoms with van der Waals surface area (Å²) in [5.41, 5.74) is 1.36. The molecule has 0 saturated carbocycles. The largest absolute Gasteiger partial charge is 0.282 e. The molecule has 3 rings (SSSR count). The second-order valence-electron chi connectivity index (χ2n) is 5.26. The number of benzene rings is 3. The average Bonchev–Trinajstić information content (AvgIpc) is 2.58. The first-order chi connectivity index (χ1) is 11.6. The van der Waals surface area contributed by atoms with E-state index in [1.165, 1.54) is 11.8 Å². The zero-order chi connectivity index (χ0) is 16.8. The van der Waals surface area contributed by atoms with Crippen molar-refractivity contribution < 1.29 is 8.42 Å². The highest BCUT2D eigenvalue weighted by atomic mass is 32.2. The van der Waals surface area contributed by atoms with Crippen LogP contribution in [-0.2, 0) is 15.8 Å². The number of para-hydroxylation sites is 1. The van der Waals surface area contributed by atoms with Gasteiger partial charge in [-0.05, 0) is 29.8 Å². The van der Waals surface area contributed by atoms with Gasteiger partial charge in [0.2, 0.25) is 10.0 Å². The minimum absolute atomic E-state index is 0.0435. The van der Waals surface area contributed by atoms with Crippen molar-refractivity contribution in [3.8, 4) is 0 Å². The van der Waals surface area contributed by atoms with Crippen LogP contribution < -0.4 is 4.72 Å². The van der Waals surface area contributed by atoms with E-state index >= 15 is 0 Å². The molecule has 5 heteroatoms. The average molecular weight is 355 g/mol. The van der Waals surface area contributed by atoms with Gasteiger partial charge in [0.1, 0.15) is 0 Å². The summed E-state index contributed by atoms with van der Waals surface area (Å²) in [7, 11) is -3.47. The van der Waals surface area contributed by atoms with Crippen LogP contribution in [0.25, 0.3) is 0 Å². The van der Waals surface area contributed by atoms with E-state index in [0.717, 1.165) is 15.4 Å². The van der Waals surface area contributed by atoms with Crippen molar-refractivity contribution in [1.82, 2.24) is 0 Å². The van der Waals surface area contributed by atoms with E-state index in [2.05, 4.69) is 4.72 Å². The molecule has 0 aliphatic heterocycles. The van der Waals surface area contributed by atoms with Gasteiger partial charge in [-0.1, -0.05) is 72.4 Å². The quantitative estimate of drug-likeness (QED) is 0.692. The maximum absolute atomic E-state index is 12.5. The summed E-state index contributed by atoms with van der Waals surface area (Å²) < 4.78 is 27.6. The standard InChI is InChI=1S/C19H17NO2S2/c21-24(22,15-16-9-3-1-4-10-16)20-18-13-7-8-14-19(18)23-17-11-5-2-6-12-17/h1-14,20H,15H2. The Balaban J connectivity index is 1.80. The molecule has 0 heterocycles. The Bertz CT molecular complexity index is 895. The number of anilines is 1. The Kier molecular flexibility index (Phi) is 5.23. The zero-order valence-corrected chi connectivity index (χ0v) is 14.6. The molecule has 3 aromatic rings. The minimum Gasteiger partial charge on any atom is -0.282 e. The summed E-state index contributed by atoms with van der Waals surface area (Å²) in [6.45, 7) is 0. The Morgan fingerprint density at radius 3 is 2.04 bits per heavy atom. The molecule has 0 aliphatic carbocycles. The number of hydrogen-bond acceptors (Lipinski definition) is 3. The van der Waals surface area contributed by atoms with Gasteiger partial charge in [-0.2, -0.15) is 0 Å². The molecular weight excluding hydrogens is 338 g/mol. The molecule has 0 bridgehead atoms. The lowest BCUT2D eigenvalue weighted by Gasteiger charge is -2.12. The molecule has 0 aromatic heterocycles. The molecule has 0 spiro atoms. The highest BCUT2D eigenvalue weighted by molar-refractivity contribution is 7.99. The lowest BCUT2D eigenvalue weighted by Crippen LogP contribution is -2.15. The van der Waals surface area contributed by atoms with Crippen molar-refractivity contribution in [2.24, 2.45) is 0 Å². The van der Waals surface area contributed by atoms with E-state index in [0.29, 0.717) is 5.69 Å². The third-order valence-corrected chi connectivity index (χ3v) is 5.65. The molecule has 0 amide bonds. The maximum Gasteiger partial charge on any atom is 0.236 e. The maximum atomic E-state index is 12.5.